The average molecular weight is 472 g/mol. The molecular weight excluding hydrogens is 457 g/mol. The van der Waals surface area contributed by atoms with E-state index in [1.54, 1.807) is 18.3 Å². The number of nitrogens with zero attached hydrogens (tertiary/aromatic N) is 2. The van der Waals surface area contributed by atoms with Gasteiger partial charge >= 0.3 is 6.03 Å². The minimum atomic E-state index is -0.524. The molecule has 2 unspecified atom stereocenters. The summed E-state index contributed by atoms with van der Waals surface area (Å²) in [5.74, 6) is 0.177. The number of benzene rings is 2. The van der Waals surface area contributed by atoms with Gasteiger partial charge in [-0.2, -0.15) is 0 Å². The quantitative estimate of drug-likeness (QED) is 0.572. The Bertz CT molecular complexity index is 1270. The lowest BCUT2D eigenvalue weighted by Gasteiger charge is -2.33. The van der Waals surface area contributed by atoms with Crippen LogP contribution < -0.4 is 15.0 Å². The fraction of sp³-hybridized carbons (Fsp3) is 0.136. The maximum atomic E-state index is 13.4. The molecule has 0 aliphatic carbocycles. The van der Waals surface area contributed by atoms with Gasteiger partial charge in [0, 0.05) is 27.4 Å². The fourth-order valence-electron chi connectivity index (χ4n) is 3.79. The zero-order chi connectivity index (χ0) is 21.7. The van der Waals surface area contributed by atoms with Crippen molar-refractivity contribution in [2.45, 2.75) is 11.3 Å². The van der Waals surface area contributed by atoms with Gasteiger partial charge in [-0.1, -0.05) is 47.5 Å². The number of rotatable bonds is 3. The number of thioether (sulfide) groups is 1. The standard InChI is InChI=1S/C22H15Cl2N3O3S/c1-30-18-6-13(14(23)7-15(18)24)19-8-16-20(31-19)21(28)27(22(29)26-16)17-10-25-9-11-4-2-3-5-12(11)17/h2-10,16,20H,1H3,(H,26,29). The minimum Gasteiger partial charge on any atom is -0.495 e. The number of urea groups is 1. The van der Waals surface area contributed by atoms with Crippen LogP contribution in [0.2, 0.25) is 10.0 Å². The molecule has 6 nitrogen and oxygen atoms in total. The predicted molar refractivity (Wildman–Crippen MR) is 124 cm³/mol. The summed E-state index contributed by atoms with van der Waals surface area (Å²) in [7, 11) is 1.52. The van der Waals surface area contributed by atoms with Crippen molar-refractivity contribution in [1.82, 2.24) is 10.3 Å². The lowest BCUT2D eigenvalue weighted by Crippen LogP contribution is -2.60. The molecule has 5 rings (SSSR count). The summed E-state index contributed by atoms with van der Waals surface area (Å²) in [5.41, 5.74) is 1.15. The van der Waals surface area contributed by atoms with E-state index in [0.717, 1.165) is 15.7 Å². The van der Waals surface area contributed by atoms with Gasteiger partial charge in [0.2, 0.25) is 0 Å². The molecule has 1 N–H and O–H groups in total. The van der Waals surface area contributed by atoms with Crippen molar-refractivity contribution in [3.05, 3.63) is 70.5 Å². The summed E-state index contributed by atoms with van der Waals surface area (Å²) in [6, 6.07) is 9.91. The summed E-state index contributed by atoms with van der Waals surface area (Å²) in [5, 5.41) is 4.87. The smallest absolute Gasteiger partial charge is 0.329 e. The van der Waals surface area contributed by atoms with Gasteiger partial charge in [-0.05, 0) is 18.2 Å². The first-order valence-corrected chi connectivity index (χ1v) is 11.0. The number of methoxy groups -OCH3 is 1. The molecule has 0 saturated carbocycles. The molecule has 0 bridgehead atoms. The topological polar surface area (TPSA) is 71.5 Å². The normalized spacial score (nSPS) is 20.5. The zero-order valence-corrected chi connectivity index (χ0v) is 18.5. The van der Waals surface area contributed by atoms with Gasteiger partial charge in [-0.25, -0.2) is 9.69 Å². The number of halogens is 2. The van der Waals surface area contributed by atoms with Crippen LogP contribution in [0.15, 0.2) is 54.9 Å². The third-order valence-corrected chi connectivity index (χ3v) is 7.23. The Morgan fingerprint density at radius 2 is 1.94 bits per heavy atom. The van der Waals surface area contributed by atoms with Crippen LogP contribution in [0, 0.1) is 0 Å². The Kier molecular flexibility index (Phi) is 5.04. The van der Waals surface area contributed by atoms with Crippen molar-refractivity contribution in [1.29, 1.82) is 0 Å². The van der Waals surface area contributed by atoms with Gasteiger partial charge < -0.3 is 10.1 Å². The van der Waals surface area contributed by atoms with Gasteiger partial charge in [0.05, 0.1) is 35.1 Å². The van der Waals surface area contributed by atoms with Crippen LogP contribution in [0.4, 0.5) is 10.5 Å². The summed E-state index contributed by atoms with van der Waals surface area (Å²) < 4.78 is 5.29. The zero-order valence-electron chi connectivity index (χ0n) is 16.1. The molecule has 0 radical (unpaired) electrons. The molecule has 3 heterocycles. The first-order valence-electron chi connectivity index (χ1n) is 9.37. The van der Waals surface area contributed by atoms with E-state index >= 15 is 0 Å². The van der Waals surface area contributed by atoms with Gasteiger partial charge in [-0.3, -0.25) is 9.78 Å². The van der Waals surface area contributed by atoms with Gasteiger partial charge in [0.15, 0.2) is 0 Å². The molecule has 9 heteroatoms. The van der Waals surface area contributed by atoms with Crippen LogP contribution in [0.3, 0.4) is 0 Å². The highest BCUT2D eigenvalue weighted by atomic mass is 35.5. The molecule has 2 aliphatic rings. The second-order valence-corrected chi connectivity index (χ2v) is 9.06. The van der Waals surface area contributed by atoms with Crippen LogP contribution in [0.5, 0.6) is 5.75 Å². The number of imide groups is 1. The highest BCUT2D eigenvalue weighted by Gasteiger charge is 2.45. The largest absolute Gasteiger partial charge is 0.495 e. The van der Waals surface area contributed by atoms with Gasteiger partial charge in [0.25, 0.3) is 5.91 Å². The summed E-state index contributed by atoms with van der Waals surface area (Å²) >= 11 is 13.9. The lowest BCUT2D eigenvalue weighted by atomic mass is 10.1. The van der Waals surface area contributed by atoms with Crippen LogP contribution in [-0.4, -0.2) is 35.3 Å². The monoisotopic (exact) mass is 471 g/mol. The van der Waals surface area contributed by atoms with Crippen LogP contribution in [-0.2, 0) is 4.79 Å². The highest BCUT2D eigenvalue weighted by Crippen LogP contribution is 2.46. The number of anilines is 1. The second-order valence-electron chi connectivity index (χ2n) is 7.06. The van der Waals surface area contributed by atoms with E-state index in [0.29, 0.717) is 27.0 Å². The number of pyridine rings is 1. The number of amides is 3. The Morgan fingerprint density at radius 3 is 2.74 bits per heavy atom. The number of carbonyl (C=O) groups excluding carboxylic acids is 2. The molecule has 3 amide bonds. The van der Waals surface area contributed by atoms with E-state index in [-0.39, 0.29) is 5.91 Å². The molecular formula is C22H15Cl2N3O3S. The Balaban J connectivity index is 1.50. The van der Waals surface area contributed by atoms with E-state index in [2.05, 4.69) is 10.3 Å². The molecule has 2 aromatic carbocycles. The van der Waals surface area contributed by atoms with Crippen molar-refractivity contribution in [2.24, 2.45) is 0 Å². The van der Waals surface area contributed by atoms with Crippen molar-refractivity contribution in [3.8, 4) is 5.75 Å². The third kappa shape index (κ3) is 3.33. The molecule has 3 aromatic rings. The Hall–Kier alpha value is -2.74. The van der Waals surface area contributed by atoms with E-state index in [1.165, 1.54) is 30.0 Å². The van der Waals surface area contributed by atoms with Crippen LogP contribution in [0.1, 0.15) is 5.56 Å². The fourth-order valence-corrected chi connectivity index (χ4v) is 5.70. The van der Waals surface area contributed by atoms with Crippen molar-refractivity contribution in [2.75, 3.05) is 12.0 Å². The molecule has 1 aromatic heterocycles. The number of hydrogen-bond acceptors (Lipinski definition) is 5. The number of nitrogens with one attached hydrogen (secondary N) is 1. The third-order valence-electron chi connectivity index (χ3n) is 5.26. The molecule has 31 heavy (non-hydrogen) atoms. The maximum absolute atomic E-state index is 13.4. The van der Waals surface area contributed by atoms with Crippen molar-refractivity contribution in [3.63, 3.8) is 0 Å². The Labute approximate surface area is 192 Å². The first-order chi connectivity index (χ1) is 15.0. The summed E-state index contributed by atoms with van der Waals surface area (Å²) in [6.45, 7) is 0. The van der Waals surface area contributed by atoms with Crippen LogP contribution >= 0.6 is 35.0 Å². The van der Waals surface area contributed by atoms with E-state index in [4.69, 9.17) is 27.9 Å². The first kappa shape index (κ1) is 20.2. The maximum Gasteiger partial charge on any atom is 0.329 e. The molecule has 1 saturated heterocycles. The van der Waals surface area contributed by atoms with Crippen molar-refractivity contribution >= 4 is 68.3 Å². The molecule has 156 valence electrons. The van der Waals surface area contributed by atoms with Gasteiger partial charge in [0.1, 0.15) is 11.0 Å². The van der Waals surface area contributed by atoms with E-state index in [9.17, 15) is 9.59 Å². The molecule has 1 fully saturated rings. The molecule has 2 atom stereocenters. The summed E-state index contributed by atoms with van der Waals surface area (Å²) in [6.07, 6.45) is 5.08. The molecule has 2 aliphatic heterocycles. The summed E-state index contributed by atoms with van der Waals surface area (Å²) in [4.78, 5) is 32.5. The predicted octanol–water partition coefficient (Wildman–Crippen LogP) is 5.13. The number of hydrogen-bond donors (Lipinski definition) is 1. The average Bonchev–Trinajstić information content (AvgIpc) is 3.18. The SMILES string of the molecule is COc1cc(C2=CC3NC(=O)N(c4cncc5ccccc45)C(=O)C3S2)c(Cl)cc1Cl. The number of ether oxygens (including phenoxy) is 1. The number of fused-ring (bicyclic) bond motifs is 2. The molecule has 0 spiro atoms. The second kappa shape index (κ2) is 7.75. The highest BCUT2D eigenvalue weighted by molar-refractivity contribution is 8.09. The van der Waals surface area contributed by atoms with Crippen molar-refractivity contribution < 1.29 is 14.3 Å². The van der Waals surface area contributed by atoms with Crippen LogP contribution in [0.25, 0.3) is 15.7 Å². The number of carbonyl (C=O) groups is 2. The lowest BCUT2D eigenvalue weighted by molar-refractivity contribution is -0.118. The minimum absolute atomic E-state index is 0.305. The number of aromatic nitrogens is 1. The van der Waals surface area contributed by atoms with Gasteiger partial charge in [-0.15, -0.1) is 11.8 Å². The van der Waals surface area contributed by atoms with E-state index in [1.807, 2.05) is 30.3 Å². The Morgan fingerprint density at radius 1 is 1.13 bits per heavy atom. The van der Waals surface area contributed by atoms with E-state index < -0.39 is 17.3 Å².